The van der Waals surface area contributed by atoms with E-state index in [1.165, 1.54) is 15.4 Å². The Bertz CT molecular complexity index is 1020. The maximum absolute atomic E-state index is 12.4. The average Bonchev–Trinajstić information content (AvgIpc) is 3.19. The predicted octanol–water partition coefficient (Wildman–Crippen LogP) is -0.253. The third-order valence-electron chi connectivity index (χ3n) is 3.54. The fourth-order valence-corrected chi connectivity index (χ4v) is 3.81. The zero-order chi connectivity index (χ0) is 18.0. The summed E-state index contributed by atoms with van der Waals surface area (Å²) in [5.74, 6) is 0.467. The highest BCUT2D eigenvalue weighted by Gasteiger charge is 2.21. The van der Waals surface area contributed by atoms with Crippen molar-refractivity contribution in [3.8, 4) is 5.82 Å². The van der Waals surface area contributed by atoms with Crippen molar-refractivity contribution in [2.45, 2.75) is 25.3 Å². The number of aromatic nitrogens is 6. The summed E-state index contributed by atoms with van der Waals surface area (Å²) in [4.78, 5) is 12.0. The van der Waals surface area contributed by atoms with E-state index in [2.05, 4.69) is 25.1 Å². The van der Waals surface area contributed by atoms with Crippen molar-refractivity contribution >= 4 is 10.0 Å². The molecule has 2 N–H and O–H groups in total. The largest absolute Gasteiger partial charge is 0.281 e. The van der Waals surface area contributed by atoms with E-state index in [9.17, 15) is 13.2 Å². The molecule has 0 radical (unpaired) electrons. The second-order valence-electron chi connectivity index (χ2n) is 5.36. The van der Waals surface area contributed by atoms with Gasteiger partial charge in [0.05, 0.1) is 17.9 Å². The van der Waals surface area contributed by atoms with Crippen molar-refractivity contribution in [1.82, 2.24) is 34.5 Å². The van der Waals surface area contributed by atoms with Crippen LogP contribution in [0.5, 0.6) is 0 Å². The Morgan fingerprint density at radius 2 is 2.08 bits per heavy atom. The highest BCUT2D eigenvalue weighted by atomic mass is 32.2. The van der Waals surface area contributed by atoms with E-state index in [4.69, 9.17) is 0 Å². The molecule has 0 unspecified atom stereocenters. The number of hydrogen-bond donors (Lipinski definition) is 2. The lowest BCUT2D eigenvalue weighted by atomic mass is 10.4. The van der Waals surface area contributed by atoms with Crippen LogP contribution in [0.25, 0.3) is 5.82 Å². The molecule has 0 atom stereocenters. The van der Waals surface area contributed by atoms with E-state index in [0.29, 0.717) is 17.2 Å². The maximum atomic E-state index is 12.4. The van der Waals surface area contributed by atoms with Crippen LogP contribution in [0, 0.1) is 13.8 Å². The molecule has 132 valence electrons. The van der Waals surface area contributed by atoms with Crippen LogP contribution in [0.2, 0.25) is 0 Å². The molecule has 0 aromatic carbocycles. The van der Waals surface area contributed by atoms with Crippen LogP contribution in [0.4, 0.5) is 0 Å². The molecule has 0 aliphatic rings. The van der Waals surface area contributed by atoms with Gasteiger partial charge in [0.2, 0.25) is 10.0 Å². The van der Waals surface area contributed by atoms with Crippen LogP contribution in [0.3, 0.4) is 0 Å². The van der Waals surface area contributed by atoms with Crippen molar-refractivity contribution < 1.29 is 8.42 Å². The molecule has 0 saturated carbocycles. The molecule has 0 bridgehead atoms. The summed E-state index contributed by atoms with van der Waals surface area (Å²) >= 11 is 0. The fourth-order valence-electron chi connectivity index (χ4n) is 2.42. The molecule has 25 heavy (non-hydrogen) atoms. The second kappa shape index (κ2) is 6.61. The number of nitrogens with one attached hydrogen (secondary N) is 2. The van der Waals surface area contributed by atoms with Crippen LogP contribution in [-0.4, -0.2) is 44.7 Å². The van der Waals surface area contributed by atoms with E-state index in [1.807, 2.05) is 0 Å². The van der Waals surface area contributed by atoms with Gasteiger partial charge in [0, 0.05) is 25.0 Å². The number of rotatable bonds is 6. The van der Waals surface area contributed by atoms with Gasteiger partial charge in [-0.25, -0.2) is 22.5 Å². The lowest BCUT2D eigenvalue weighted by molar-refractivity contribution is 0.541. The lowest BCUT2D eigenvalue weighted by Gasteiger charge is -2.09. The van der Waals surface area contributed by atoms with E-state index in [-0.39, 0.29) is 23.5 Å². The zero-order valence-corrected chi connectivity index (χ0v) is 14.5. The Hall–Kier alpha value is -2.79. The van der Waals surface area contributed by atoms with Gasteiger partial charge in [-0.1, -0.05) is 0 Å². The molecule has 3 heterocycles. The summed E-state index contributed by atoms with van der Waals surface area (Å²) in [6.45, 7) is 3.34. The minimum Gasteiger partial charge on any atom is -0.281 e. The fraction of sp³-hybridized carbons (Fsp3) is 0.286. The Kier molecular flexibility index (Phi) is 4.51. The number of hydrogen-bond acceptors (Lipinski definition) is 6. The number of aryl methyl sites for hydroxylation is 2. The minimum atomic E-state index is -3.72. The number of sulfonamides is 1. The van der Waals surface area contributed by atoms with Gasteiger partial charge in [0.1, 0.15) is 4.90 Å². The van der Waals surface area contributed by atoms with Crippen LogP contribution >= 0.6 is 0 Å². The van der Waals surface area contributed by atoms with Crippen molar-refractivity contribution in [2.75, 3.05) is 6.54 Å². The number of nitrogens with zero attached hydrogens (tertiary/aromatic N) is 5. The van der Waals surface area contributed by atoms with Crippen LogP contribution in [-0.2, 0) is 16.6 Å². The molecule has 3 aromatic heterocycles. The number of aromatic amines is 1. The average molecular weight is 363 g/mol. The quantitative estimate of drug-likeness (QED) is 0.621. The van der Waals surface area contributed by atoms with Crippen LogP contribution in [0.1, 0.15) is 11.4 Å². The SMILES string of the molecule is Cc1n[nH]c(C)c1S(=O)(=O)NCCn1nc(-n2cccn2)ccc1=O. The molecule has 0 amide bonds. The molecule has 0 aliphatic heterocycles. The Morgan fingerprint density at radius 1 is 1.28 bits per heavy atom. The molecule has 0 aliphatic carbocycles. The summed E-state index contributed by atoms with van der Waals surface area (Å²) < 4.78 is 29.9. The van der Waals surface area contributed by atoms with Crippen molar-refractivity contribution in [2.24, 2.45) is 0 Å². The summed E-state index contributed by atoms with van der Waals surface area (Å²) in [5, 5.41) is 14.7. The number of H-pyrrole nitrogens is 1. The summed E-state index contributed by atoms with van der Waals surface area (Å²) in [5.41, 5.74) is 0.521. The van der Waals surface area contributed by atoms with Gasteiger partial charge in [0.15, 0.2) is 5.82 Å². The van der Waals surface area contributed by atoms with Gasteiger partial charge in [-0.3, -0.25) is 9.89 Å². The lowest BCUT2D eigenvalue weighted by Crippen LogP contribution is -2.32. The molecule has 0 spiro atoms. The molecule has 10 nitrogen and oxygen atoms in total. The highest BCUT2D eigenvalue weighted by molar-refractivity contribution is 7.89. The second-order valence-corrected chi connectivity index (χ2v) is 7.07. The molecule has 11 heteroatoms. The minimum absolute atomic E-state index is 0.0157. The Balaban J connectivity index is 1.74. The highest BCUT2D eigenvalue weighted by Crippen LogP contribution is 2.15. The first kappa shape index (κ1) is 17.0. The first-order chi connectivity index (χ1) is 11.9. The first-order valence-corrected chi connectivity index (χ1v) is 8.96. The van der Waals surface area contributed by atoms with E-state index in [0.717, 1.165) is 0 Å². The normalized spacial score (nSPS) is 11.8. The molecular weight excluding hydrogens is 346 g/mol. The zero-order valence-electron chi connectivity index (χ0n) is 13.7. The monoisotopic (exact) mass is 363 g/mol. The van der Waals surface area contributed by atoms with Gasteiger partial charge in [-0.2, -0.15) is 10.2 Å². The summed E-state index contributed by atoms with van der Waals surface area (Å²) in [7, 11) is -3.72. The summed E-state index contributed by atoms with van der Waals surface area (Å²) in [6.07, 6.45) is 3.30. The van der Waals surface area contributed by atoms with Crippen LogP contribution in [0.15, 0.2) is 40.3 Å². The van der Waals surface area contributed by atoms with Gasteiger partial charge in [-0.05, 0) is 26.0 Å². The van der Waals surface area contributed by atoms with Crippen molar-refractivity contribution in [3.63, 3.8) is 0 Å². The van der Waals surface area contributed by atoms with E-state index < -0.39 is 10.0 Å². The topological polar surface area (TPSA) is 128 Å². The third-order valence-corrected chi connectivity index (χ3v) is 5.26. The van der Waals surface area contributed by atoms with Gasteiger partial charge in [0.25, 0.3) is 5.56 Å². The molecule has 3 aromatic rings. The Labute approximate surface area is 143 Å². The predicted molar refractivity (Wildman–Crippen MR) is 88.9 cm³/mol. The maximum Gasteiger partial charge on any atom is 0.266 e. The smallest absolute Gasteiger partial charge is 0.266 e. The molecule has 3 rings (SSSR count). The molecule has 0 saturated heterocycles. The standard InChI is InChI=1S/C14H17N7O3S/c1-10-14(11(2)18-17-10)25(23,24)16-7-9-21-13(22)5-4-12(19-21)20-8-3-6-15-20/h3-6,8,16H,7,9H2,1-2H3,(H,17,18). The van der Waals surface area contributed by atoms with Crippen molar-refractivity contribution in [3.05, 3.63) is 52.3 Å². The van der Waals surface area contributed by atoms with Gasteiger partial charge < -0.3 is 0 Å². The van der Waals surface area contributed by atoms with Gasteiger partial charge >= 0.3 is 0 Å². The van der Waals surface area contributed by atoms with E-state index >= 15 is 0 Å². The third kappa shape index (κ3) is 3.51. The van der Waals surface area contributed by atoms with E-state index in [1.54, 1.807) is 38.4 Å². The summed E-state index contributed by atoms with van der Waals surface area (Å²) in [6, 6.07) is 4.65. The van der Waals surface area contributed by atoms with Gasteiger partial charge in [-0.15, -0.1) is 5.10 Å². The molecular formula is C14H17N7O3S. The first-order valence-electron chi connectivity index (χ1n) is 7.48. The van der Waals surface area contributed by atoms with Crippen LogP contribution < -0.4 is 10.3 Å². The molecule has 0 fully saturated rings. The van der Waals surface area contributed by atoms with Crippen molar-refractivity contribution in [1.29, 1.82) is 0 Å². The Morgan fingerprint density at radius 3 is 2.72 bits per heavy atom.